The molecule has 0 bridgehead atoms. The summed E-state index contributed by atoms with van der Waals surface area (Å²) in [6.07, 6.45) is 6.28. The summed E-state index contributed by atoms with van der Waals surface area (Å²) in [7, 11) is 7.99. The van der Waals surface area contributed by atoms with E-state index in [-0.39, 0.29) is 5.91 Å². The molecule has 0 aliphatic carbocycles. The zero-order valence-electron chi connectivity index (χ0n) is 11.9. The molecular formula is C13H21N4O2+. The molecule has 0 saturated carbocycles. The molecule has 1 aliphatic heterocycles. The Hall–Kier alpha value is -1.95. The minimum atomic E-state index is -0.155. The van der Waals surface area contributed by atoms with Gasteiger partial charge < -0.3 is 14.7 Å². The molecule has 1 amide bonds. The number of rotatable bonds is 5. The summed E-state index contributed by atoms with van der Waals surface area (Å²) in [4.78, 5) is 24.0. The van der Waals surface area contributed by atoms with Crippen molar-refractivity contribution in [2.75, 3.05) is 41.3 Å². The Morgan fingerprint density at radius 2 is 2.16 bits per heavy atom. The van der Waals surface area contributed by atoms with Gasteiger partial charge in [0.05, 0.1) is 40.4 Å². The Labute approximate surface area is 113 Å². The molecule has 0 saturated heterocycles. The molecule has 1 rings (SSSR count). The predicted molar refractivity (Wildman–Crippen MR) is 74.8 cm³/mol. The van der Waals surface area contributed by atoms with Gasteiger partial charge in [-0.15, -0.1) is 4.91 Å². The average Bonchev–Trinajstić information content (AvgIpc) is 2.30. The number of amides is 1. The fourth-order valence-corrected chi connectivity index (χ4v) is 1.55. The number of hydrogen-bond donors (Lipinski definition) is 1. The Morgan fingerprint density at radius 1 is 1.47 bits per heavy atom. The van der Waals surface area contributed by atoms with Gasteiger partial charge in [0.1, 0.15) is 5.70 Å². The lowest BCUT2D eigenvalue weighted by atomic mass is 10.1. The minimum Gasteiger partial charge on any atom is -0.347 e. The molecule has 0 fully saturated rings. The van der Waals surface area contributed by atoms with Gasteiger partial charge in [-0.2, -0.15) is 0 Å². The van der Waals surface area contributed by atoms with Crippen molar-refractivity contribution < 1.29 is 9.28 Å². The number of allylic oxidation sites excluding steroid dienone is 3. The molecule has 0 aromatic carbocycles. The first-order valence-corrected chi connectivity index (χ1v) is 6.07. The lowest BCUT2D eigenvalue weighted by Crippen LogP contribution is -2.43. The van der Waals surface area contributed by atoms with Crippen molar-refractivity contribution in [1.82, 2.24) is 10.2 Å². The third-order valence-corrected chi connectivity index (χ3v) is 2.68. The van der Waals surface area contributed by atoms with Crippen molar-refractivity contribution in [3.05, 3.63) is 40.7 Å². The fourth-order valence-electron chi connectivity index (χ4n) is 1.55. The van der Waals surface area contributed by atoms with Gasteiger partial charge in [-0.1, -0.05) is 0 Å². The maximum Gasteiger partial charge on any atom is 0.268 e. The van der Waals surface area contributed by atoms with Crippen molar-refractivity contribution in [2.24, 2.45) is 5.18 Å². The Morgan fingerprint density at radius 3 is 2.74 bits per heavy atom. The van der Waals surface area contributed by atoms with E-state index >= 15 is 0 Å². The van der Waals surface area contributed by atoms with Crippen LogP contribution in [0.25, 0.3) is 0 Å². The van der Waals surface area contributed by atoms with Gasteiger partial charge in [-0.25, -0.2) is 0 Å². The SMILES string of the molecule is CN1C=C/C(=C/N=O)C=C1C(=O)NCC[N+](C)(C)C. The zero-order valence-corrected chi connectivity index (χ0v) is 11.9. The highest BCUT2D eigenvalue weighted by Gasteiger charge is 2.16. The molecule has 0 spiro atoms. The monoisotopic (exact) mass is 265 g/mol. The van der Waals surface area contributed by atoms with Gasteiger partial charge in [0, 0.05) is 13.2 Å². The fraction of sp³-hybridized carbons (Fsp3) is 0.462. The highest BCUT2D eigenvalue weighted by atomic mass is 16.2. The number of nitrogens with zero attached hydrogens (tertiary/aromatic N) is 3. The largest absolute Gasteiger partial charge is 0.347 e. The van der Waals surface area contributed by atoms with Crippen LogP contribution in [-0.2, 0) is 4.79 Å². The Bertz CT molecular complexity index is 444. The lowest BCUT2D eigenvalue weighted by Gasteiger charge is -2.25. The topological polar surface area (TPSA) is 61.8 Å². The van der Waals surface area contributed by atoms with Crippen molar-refractivity contribution in [3.8, 4) is 0 Å². The lowest BCUT2D eigenvalue weighted by molar-refractivity contribution is -0.869. The molecule has 19 heavy (non-hydrogen) atoms. The minimum absolute atomic E-state index is 0.155. The van der Waals surface area contributed by atoms with Crippen molar-refractivity contribution >= 4 is 5.91 Å². The van der Waals surface area contributed by atoms with Crippen LogP contribution in [0.1, 0.15) is 0 Å². The van der Waals surface area contributed by atoms with Crippen LogP contribution in [0.15, 0.2) is 41.0 Å². The molecule has 6 nitrogen and oxygen atoms in total. The van der Waals surface area contributed by atoms with E-state index in [0.717, 1.165) is 11.0 Å². The molecular weight excluding hydrogens is 244 g/mol. The van der Waals surface area contributed by atoms with Gasteiger partial charge in [-0.3, -0.25) is 4.79 Å². The van der Waals surface area contributed by atoms with Crippen LogP contribution in [0.4, 0.5) is 0 Å². The third-order valence-electron chi connectivity index (χ3n) is 2.68. The molecule has 1 aliphatic rings. The van der Waals surface area contributed by atoms with Gasteiger partial charge in [-0.05, 0) is 22.9 Å². The van der Waals surface area contributed by atoms with E-state index < -0.39 is 0 Å². The van der Waals surface area contributed by atoms with Gasteiger partial charge in [0.15, 0.2) is 0 Å². The number of hydrogen-bond acceptors (Lipinski definition) is 4. The molecule has 6 heteroatoms. The molecule has 0 atom stereocenters. The summed E-state index contributed by atoms with van der Waals surface area (Å²) in [5.74, 6) is -0.155. The second-order valence-corrected chi connectivity index (χ2v) is 5.46. The highest BCUT2D eigenvalue weighted by molar-refractivity contribution is 5.93. The normalized spacial score (nSPS) is 17.4. The number of nitrogens with one attached hydrogen (secondary N) is 1. The van der Waals surface area contributed by atoms with Crippen molar-refractivity contribution in [3.63, 3.8) is 0 Å². The smallest absolute Gasteiger partial charge is 0.268 e. The summed E-state index contributed by atoms with van der Waals surface area (Å²) in [5.41, 5.74) is 1.11. The molecule has 0 radical (unpaired) electrons. The van der Waals surface area contributed by atoms with Crippen molar-refractivity contribution in [1.29, 1.82) is 0 Å². The number of quaternary nitrogens is 1. The number of nitroso groups, excluding NO2 is 1. The maximum absolute atomic E-state index is 12.0. The summed E-state index contributed by atoms with van der Waals surface area (Å²) >= 11 is 0. The van der Waals surface area contributed by atoms with Gasteiger partial charge in [0.25, 0.3) is 5.91 Å². The quantitative estimate of drug-likeness (QED) is 0.591. The summed E-state index contributed by atoms with van der Waals surface area (Å²) in [5, 5.41) is 5.58. The second-order valence-electron chi connectivity index (χ2n) is 5.46. The van der Waals surface area contributed by atoms with E-state index in [0.29, 0.717) is 17.8 Å². The van der Waals surface area contributed by atoms with Crippen LogP contribution in [0, 0.1) is 4.91 Å². The Kier molecular flexibility index (Phi) is 5.00. The number of carbonyl (C=O) groups is 1. The first-order valence-electron chi connectivity index (χ1n) is 6.07. The summed E-state index contributed by atoms with van der Waals surface area (Å²) < 4.78 is 0.787. The molecule has 1 N–H and O–H groups in total. The average molecular weight is 265 g/mol. The van der Waals surface area contributed by atoms with E-state index in [9.17, 15) is 9.70 Å². The van der Waals surface area contributed by atoms with Crippen LogP contribution < -0.4 is 5.32 Å². The molecule has 104 valence electrons. The van der Waals surface area contributed by atoms with E-state index in [1.807, 2.05) is 0 Å². The summed E-state index contributed by atoms with van der Waals surface area (Å²) in [6.45, 7) is 1.44. The van der Waals surface area contributed by atoms with E-state index in [1.54, 1.807) is 30.3 Å². The second kappa shape index (κ2) is 6.29. The van der Waals surface area contributed by atoms with Gasteiger partial charge in [0.2, 0.25) is 0 Å². The molecule has 0 aromatic heterocycles. The third kappa shape index (κ3) is 5.05. The Balaban J connectivity index is 2.65. The van der Waals surface area contributed by atoms with E-state index in [1.165, 1.54) is 6.20 Å². The first-order chi connectivity index (χ1) is 8.83. The maximum atomic E-state index is 12.0. The van der Waals surface area contributed by atoms with Crippen LogP contribution in [0.5, 0.6) is 0 Å². The highest BCUT2D eigenvalue weighted by Crippen LogP contribution is 2.15. The van der Waals surface area contributed by atoms with Crippen LogP contribution in [0.3, 0.4) is 0 Å². The molecule has 0 aromatic rings. The van der Waals surface area contributed by atoms with Gasteiger partial charge >= 0.3 is 0 Å². The molecule has 0 unspecified atom stereocenters. The van der Waals surface area contributed by atoms with Crippen LogP contribution in [-0.4, -0.2) is 56.6 Å². The number of likely N-dealkylation sites (N-methyl/N-ethyl adjacent to an activating group) is 2. The standard InChI is InChI=1S/C13H20N4O2/c1-16-7-5-11(10-15-19)9-12(16)13(18)14-6-8-17(2,3)4/h5,7,9-10H,6,8H2,1-4H3/p+1/b11-10-. The molecule has 1 heterocycles. The predicted octanol–water partition coefficient (Wildman–Crippen LogP) is 0.802. The first kappa shape index (κ1) is 15.1. The van der Waals surface area contributed by atoms with Crippen molar-refractivity contribution in [2.45, 2.75) is 0 Å². The van der Waals surface area contributed by atoms with Crippen LogP contribution >= 0.6 is 0 Å². The van der Waals surface area contributed by atoms with E-state index in [4.69, 9.17) is 0 Å². The number of carbonyl (C=O) groups excluding carboxylic acids is 1. The van der Waals surface area contributed by atoms with Crippen LogP contribution in [0.2, 0.25) is 0 Å². The van der Waals surface area contributed by atoms with E-state index in [2.05, 4.69) is 31.6 Å². The summed E-state index contributed by atoms with van der Waals surface area (Å²) in [6, 6.07) is 0. The zero-order chi connectivity index (χ0) is 14.5.